The molecule has 2 aliphatic heterocycles. The third-order valence-corrected chi connectivity index (χ3v) is 7.76. The second kappa shape index (κ2) is 8.04. The van der Waals surface area contributed by atoms with Gasteiger partial charge in [-0.15, -0.1) is 5.10 Å². The Labute approximate surface area is 184 Å². The highest BCUT2D eigenvalue weighted by Gasteiger charge is 2.43. The maximum atomic E-state index is 13.0. The molecule has 1 aromatic carbocycles. The van der Waals surface area contributed by atoms with Crippen LogP contribution in [0.4, 0.5) is 0 Å². The second-order valence-electron chi connectivity index (χ2n) is 10.1. The molecule has 0 N–H and O–H groups in total. The molecule has 31 heavy (non-hydrogen) atoms. The molecule has 0 radical (unpaired) electrons. The third-order valence-electron chi connectivity index (χ3n) is 6.63. The lowest BCUT2D eigenvalue weighted by Crippen LogP contribution is -2.47. The summed E-state index contributed by atoms with van der Waals surface area (Å²) in [5, 5.41) is 8.76. The Morgan fingerprint density at radius 3 is 2.19 bits per heavy atom. The van der Waals surface area contributed by atoms with Crippen LogP contribution in [0.3, 0.4) is 0 Å². The topological polar surface area (TPSA) is 85.2 Å². The van der Waals surface area contributed by atoms with Crippen molar-refractivity contribution >= 4 is 15.7 Å². The lowest BCUT2D eigenvalue weighted by atomic mass is 9.93. The molecule has 2 aliphatic rings. The van der Waals surface area contributed by atoms with E-state index in [0.717, 1.165) is 36.9 Å². The van der Waals surface area contributed by atoms with E-state index in [1.165, 1.54) is 6.26 Å². The Morgan fingerprint density at radius 2 is 1.68 bits per heavy atom. The summed E-state index contributed by atoms with van der Waals surface area (Å²) >= 11 is 0. The van der Waals surface area contributed by atoms with Crippen molar-refractivity contribution in [3.63, 3.8) is 0 Å². The number of benzene rings is 1. The summed E-state index contributed by atoms with van der Waals surface area (Å²) in [7, 11) is -3.20. The van der Waals surface area contributed by atoms with Crippen LogP contribution in [0, 0.1) is 0 Å². The van der Waals surface area contributed by atoms with Crippen LogP contribution in [-0.2, 0) is 26.5 Å². The van der Waals surface area contributed by atoms with Gasteiger partial charge in [0.25, 0.3) is 0 Å². The van der Waals surface area contributed by atoms with Crippen molar-refractivity contribution in [3.05, 3.63) is 41.7 Å². The predicted octanol–water partition coefficient (Wildman–Crippen LogP) is 3.31. The summed E-state index contributed by atoms with van der Waals surface area (Å²) in [5.41, 5.74) is 1.97. The number of nitrogens with zero attached hydrogens (tertiary/aromatic N) is 4. The lowest BCUT2D eigenvalue weighted by molar-refractivity contribution is -0.136. The summed E-state index contributed by atoms with van der Waals surface area (Å²) in [5.74, 6) is 0.201. The van der Waals surface area contributed by atoms with E-state index >= 15 is 0 Å². The molecule has 4 rings (SSSR count). The van der Waals surface area contributed by atoms with Gasteiger partial charge in [-0.05, 0) is 49.8 Å². The van der Waals surface area contributed by atoms with Gasteiger partial charge in [-0.25, -0.2) is 13.1 Å². The van der Waals surface area contributed by atoms with E-state index in [1.54, 1.807) is 12.1 Å². The van der Waals surface area contributed by atoms with Gasteiger partial charge in [0, 0.05) is 36.4 Å². The number of piperidine rings is 1. The fourth-order valence-electron chi connectivity index (χ4n) is 4.85. The van der Waals surface area contributed by atoms with Crippen molar-refractivity contribution in [2.75, 3.05) is 6.26 Å². The van der Waals surface area contributed by atoms with E-state index in [4.69, 9.17) is 0 Å². The largest absolute Gasteiger partial charge is 0.337 e. The summed E-state index contributed by atoms with van der Waals surface area (Å²) in [6.45, 7) is 6.42. The smallest absolute Gasteiger partial charge is 0.223 e. The fourth-order valence-corrected chi connectivity index (χ4v) is 5.48. The zero-order chi connectivity index (χ0) is 22.4. The minimum atomic E-state index is -3.20. The van der Waals surface area contributed by atoms with Crippen molar-refractivity contribution < 1.29 is 13.2 Å². The molecule has 8 heteroatoms. The molecular formula is C23H32N4O3S. The molecule has 2 bridgehead atoms. The normalized spacial score (nSPS) is 23.9. The quantitative estimate of drug-likeness (QED) is 0.706. The molecule has 2 saturated heterocycles. The molecule has 168 valence electrons. The van der Waals surface area contributed by atoms with E-state index in [1.807, 2.05) is 16.8 Å². The van der Waals surface area contributed by atoms with E-state index < -0.39 is 9.84 Å². The van der Waals surface area contributed by atoms with Crippen LogP contribution in [0.2, 0.25) is 0 Å². The van der Waals surface area contributed by atoms with Gasteiger partial charge in [-0.1, -0.05) is 38.1 Å². The standard InChI is InChI=1S/C23H32N4O3S/c1-23(2,3)21-15-26(25-24-21)19-13-17-8-9-18(14-19)27(17)22(28)12-7-16-5-10-20(11-6-16)31(4,29)30/h5-6,10-11,15,17-19H,7-9,12-14H2,1-4H3. The molecule has 0 spiro atoms. The van der Waals surface area contributed by atoms with Gasteiger partial charge in [0.1, 0.15) is 0 Å². The summed E-state index contributed by atoms with van der Waals surface area (Å²) in [6.07, 6.45) is 8.31. The first-order chi connectivity index (χ1) is 14.5. The van der Waals surface area contributed by atoms with E-state index in [0.29, 0.717) is 23.8 Å². The van der Waals surface area contributed by atoms with Crippen LogP contribution in [0.15, 0.2) is 35.4 Å². The highest BCUT2D eigenvalue weighted by Crippen LogP contribution is 2.41. The predicted molar refractivity (Wildman–Crippen MR) is 119 cm³/mol. The van der Waals surface area contributed by atoms with Gasteiger partial charge in [0.05, 0.1) is 16.6 Å². The zero-order valence-electron chi connectivity index (χ0n) is 18.8. The minimum absolute atomic E-state index is 0.0204. The van der Waals surface area contributed by atoms with Crippen molar-refractivity contribution in [2.45, 2.75) is 87.7 Å². The molecule has 3 heterocycles. The average Bonchev–Trinajstić information content (AvgIpc) is 3.29. The van der Waals surface area contributed by atoms with Crippen LogP contribution < -0.4 is 0 Å². The molecule has 1 amide bonds. The number of carbonyl (C=O) groups excluding carboxylic acids is 1. The number of hydrogen-bond acceptors (Lipinski definition) is 5. The number of amides is 1. The molecule has 2 atom stereocenters. The molecule has 2 fully saturated rings. The van der Waals surface area contributed by atoms with Gasteiger partial charge < -0.3 is 4.90 Å². The average molecular weight is 445 g/mol. The van der Waals surface area contributed by atoms with Crippen molar-refractivity contribution in [1.29, 1.82) is 0 Å². The first-order valence-corrected chi connectivity index (χ1v) is 12.9. The molecule has 7 nitrogen and oxygen atoms in total. The van der Waals surface area contributed by atoms with Gasteiger partial charge in [-0.2, -0.15) is 0 Å². The van der Waals surface area contributed by atoms with Crippen molar-refractivity contribution in [3.8, 4) is 0 Å². The van der Waals surface area contributed by atoms with E-state index in [9.17, 15) is 13.2 Å². The van der Waals surface area contributed by atoms with Crippen LogP contribution >= 0.6 is 0 Å². The number of fused-ring (bicyclic) bond motifs is 2. The molecule has 0 saturated carbocycles. The Bertz CT molecular complexity index is 1040. The molecule has 1 aromatic heterocycles. The minimum Gasteiger partial charge on any atom is -0.337 e. The van der Waals surface area contributed by atoms with Gasteiger partial charge in [0.15, 0.2) is 9.84 Å². The SMILES string of the molecule is CC(C)(C)c1cn(C2CC3CCC(C2)N3C(=O)CCc2ccc(S(C)(=O)=O)cc2)nn1. The molecule has 2 aromatic rings. The fraction of sp³-hybridized carbons (Fsp3) is 0.609. The second-order valence-corrected chi connectivity index (χ2v) is 12.1. The van der Waals surface area contributed by atoms with Crippen LogP contribution in [0.25, 0.3) is 0 Å². The van der Waals surface area contributed by atoms with E-state index in [-0.39, 0.29) is 23.4 Å². The highest BCUT2D eigenvalue weighted by atomic mass is 32.2. The summed E-state index contributed by atoms with van der Waals surface area (Å²) < 4.78 is 25.2. The monoisotopic (exact) mass is 444 g/mol. The zero-order valence-corrected chi connectivity index (χ0v) is 19.6. The van der Waals surface area contributed by atoms with Crippen LogP contribution in [0.1, 0.15) is 70.2 Å². The Hall–Kier alpha value is -2.22. The van der Waals surface area contributed by atoms with Crippen LogP contribution in [-0.4, -0.2) is 52.6 Å². The summed E-state index contributed by atoms with van der Waals surface area (Å²) in [4.78, 5) is 15.5. The third kappa shape index (κ3) is 4.68. The number of carbonyl (C=O) groups is 1. The molecule has 0 aliphatic carbocycles. The molecule has 2 unspecified atom stereocenters. The van der Waals surface area contributed by atoms with E-state index in [2.05, 4.69) is 42.2 Å². The number of hydrogen-bond donors (Lipinski definition) is 0. The number of sulfone groups is 1. The Morgan fingerprint density at radius 1 is 1.06 bits per heavy atom. The number of aromatic nitrogens is 3. The maximum absolute atomic E-state index is 13.0. The van der Waals surface area contributed by atoms with Gasteiger partial charge in [0.2, 0.25) is 5.91 Å². The number of rotatable bonds is 5. The van der Waals surface area contributed by atoms with Crippen LogP contribution in [0.5, 0.6) is 0 Å². The first kappa shape index (κ1) is 22.0. The Kier molecular flexibility index (Phi) is 5.70. The number of aryl methyl sites for hydroxylation is 1. The summed E-state index contributed by atoms with van der Waals surface area (Å²) in [6, 6.07) is 7.69. The first-order valence-electron chi connectivity index (χ1n) is 11.0. The van der Waals surface area contributed by atoms with Gasteiger partial charge in [-0.3, -0.25) is 4.79 Å². The van der Waals surface area contributed by atoms with Crippen molar-refractivity contribution in [1.82, 2.24) is 19.9 Å². The lowest BCUT2D eigenvalue weighted by Gasteiger charge is -2.39. The Balaban J connectivity index is 1.37. The molecular weight excluding hydrogens is 412 g/mol. The van der Waals surface area contributed by atoms with Crippen molar-refractivity contribution in [2.24, 2.45) is 0 Å². The highest BCUT2D eigenvalue weighted by molar-refractivity contribution is 7.90. The van der Waals surface area contributed by atoms with Gasteiger partial charge >= 0.3 is 0 Å². The maximum Gasteiger partial charge on any atom is 0.223 e.